The van der Waals surface area contributed by atoms with Crippen LogP contribution in [0.5, 0.6) is 0 Å². The van der Waals surface area contributed by atoms with Crippen LogP contribution in [0, 0.1) is 11.3 Å². The monoisotopic (exact) mass is 219 g/mol. The van der Waals surface area contributed by atoms with Gasteiger partial charge in [0.05, 0.1) is 18.4 Å². The fourth-order valence-corrected chi connectivity index (χ4v) is 1.42. The molecule has 0 aromatic heterocycles. The fourth-order valence-electron chi connectivity index (χ4n) is 0.904. The van der Waals surface area contributed by atoms with Gasteiger partial charge in [-0.3, -0.25) is 0 Å². The van der Waals surface area contributed by atoms with Gasteiger partial charge < -0.3 is 5.32 Å². The van der Waals surface area contributed by atoms with Crippen molar-refractivity contribution >= 4 is 10.0 Å². The van der Waals surface area contributed by atoms with E-state index in [4.69, 9.17) is 5.26 Å². The lowest BCUT2D eigenvalue weighted by molar-refractivity contribution is 0.557. The number of rotatable bonds is 7. The molecular formula is C8H17N3O2S. The first-order chi connectivity index (χ1) is 6.49. The average Bonchev–Trinajstić information content (AvgIpc) is 2.09. The summed E-state index contributed by atoms with van der Waals surface area (Å²) in [6, 6.07) is 1.98. The average molecular weight is 219 g/mol. The minimum atomic E-state index is -3.08. The van der Waals surface area contributed by atoms with Crippen LogP contribution in [0.2, 0.25) is 0 Å². The molecule has 82 valence electrons. The Morgan fingerprint density at radius 2 is 2.07 bits per heavy atom. The molecule has 0 rings (SSSR count). The fraction of sp³-hybridized carbons (Fsp3) is 0.875. The quantitative estimate of drug-likeness (QED) is 0.582. The lowest BCUT2D eigenvalue weighted by Gasteiger charge is -2.08. The Balaban J connectivity index is 3.44. The Morgan fingerprint density at radius 1 is 1.43 bits per heavy atom. The first-order valence-electron chi connectivity index (χ1n) is 4.57. The van der Waals surface area contributed by atoms with Crippen LogP contribution in [-0.4, -0.2) is 33.8 Å². The summed E-state index contributed by atoms with van der Waals surface area (Å²) in [7, 11) is -3.08. The van der Waals surface area contributed by atoms with Gasteiger partial charge in [-0.25, -0.2) is 13.1 Å². The second kappa shape index (κ2) is 6.76. The van der Waals surface area contributed by atoms with Crippen molar-refractivity contribution in [2.75, 3.05) is 19.3 Å². The second-order valence-corrected chi connectivity index (χ2v) is 4.90. The highest BCUT2D eigenvalue weighted by Crippen LogP contribution is 1.87. The van der Waals surface area contributed by atoms with E-state index >= 15 is 0 Å². The number of nitriles is 1. The molecule has 14 heavy (non-hydrogen) atoms. The summed E-state index contributed by atoms with van der Waals surface area (Å²) in [5.41, 5.74) is 0. The van der Waals surface area contributed by atoms with Crippen LogP contribution in [0.4, 0.5) is 0 Å². The van der Waals surface area contributed by atoms with E-state index in [0.29, 0.717) is 19.5 Å². The van der Waals surface area contributed by atoms with Gasteiger partial charge in [-0.1, -0.05) is 6.92 Å². The molecule has 1 unspecified atom stereocenters. The van der Waals surface area contributed by atoms with Crippen molar-refractivity contribution in [3.8, 4) is 6.07 Å². The molecule has 0 spiro atoms. The Bertz CT molecular complexity index is 281. The van der Waals surface area contributed by atoms with Gasteiger partial charge >= 0.3 is 0 Å². The van der Waals surface area contributed by atoms with Crippen LogP contribution >= 0.6 is 0 Å². The molecule has 0 saturated carbocycles. The Morgan fingerprint density at radius 3 is 2.50 bits per heavy atom. The van der Waals surface area contributed by atoms with Crippen LogP contribution in [-0.2, 0) is 10.0 Å². The molecule has 0 saturated heterocycles. The van der Waals surface area contributed by atoms with Gasteiger partial charge in [-0.2, -0.15) is 5.26 Å². The molecule has 5 nitrogen and oxygen atoms in total. The van der Waals surface area contributed by atoms with Gasteiger partial charge in [0.2, 0.25) is 10.0 Å². The van der Waals surface area contributed by atoms with E-state index in [2.05, 4.69) is 16.1 Å². The third-order valence-corrected chi connectivity index (χ3v) is 2.40. The predicted octanol–water partition coefficient (Wildman–Crippen LogP) is -0.183. The number of nitrogens with one attached hydrogen (secondary N) is 2. The highest BCUT2D eigenvalue weighted by molar-refractivity contribution is 7.88. The molecular weight excluding hydrogens is 202 g/mol. The van der Waals surface area contributed by atoms with E-state index in [1.807, 2.05) is 6.92 Å². The molecule has 0 heterocycles. The number of hydrogen-bond donors (Lipinski definition) is 2. The van der Waals surface area contributed by atoms with Crippen molar-refractivity contribution < 1.29 is 8.42 Å². The highest BCUT2D eigenvalue weighted by atomic mass is 32.2. The molecule has 0 radical (unpaired) electrons. The van der Waals surface area contributed by atoms with Crippen LogP contribution < -0.4 is 10.0 Å². The maximum atomic E-state index is 10.7. The summed E-state index contributed by atoms with van der Waals surface area (Å²) >= 11 is 0. The van der Waals surface area contributed by atoms with E-state index in [-0.39, 0.29) is 6.04 Å². The first kappa shape index (κ1) is 13.4. The molecule has 0 aliphatic heterocycles. The minimum Gasteiger partial charge on any atom is -0.302 e. The van der Waals surface area contributed by atoms with Crippen molar-refractivity contribution in [1.82, 2.24) is 10.0 Å². The largest absolute Gasteiger partial charge is 0.302 e. The van der Waals surface area contributed by atoms with Crippen LogP contribution in [0.15, 0.2) is 0 Å². The first-order valence-corrected chi connectivity index (χ1v) is 6.46. The number of nitrogens with zero attached hydrogens (tertiary/aromatic N) is 1. The normalized spacial score (nSPS) is 13.5. The van der Waals surface area contributed by atoms with Crippen molar-refractivity contribution in [3.05, 3.63) is 0 Å². The van der Waals surface area contributed by atoms with Crippen LogP contribution in [0.3, 0.4) is 0 Å². The lowest BCUT2D eigenvalue weighted by Crippen LogP contribution is -2.31. The maximum Gasteiger partial charge on any atom is 0.208 e. The Kier molecular flexibility index (Phi) is 6.45. The van der Waals surface area contributed by atoms with Gasteiger partial charge in [0.25, 0.3) is 0 Å². The summed E-state index contributed by atoms with van der Waals surface area (Å²) in [5, 5.41) is 11.6. The van der Waals surface area contributed by atoms with Crippen molar-refractivity contribution in [1.29, 1.82) is 5.26 Å². The third kappa shape index (κ3) is 7.98. The van der Waals surface area contributed by atoms with Crippen molar-refractivity contribution in [3.63, 3.8) is 0 Å². The predicted molar refractivity (Wildman–Crippen MR) is 55.2 cm³/mol. The molecule has 0 amide bonds. The van der Waals surface area contributed by atoms with E-state index in [0.717, 1.165) is 12.7 Å². The van der Waals surface area contributed by atoms with Gasteiger partial charge in [0, 0.05) is 6.54 Å². The maximum absolute atomic E-state index is 10.7. The zero-order valence-electron chi connectivity index (χ0n) is 8.58. The Hall–Kier alpha value is -0.640. The lowest BCUT2D eigenvalue weighted by atomic mass is 10.2. The molecule has 0 aromatic rings. The van der Waals surface area contributed by atoms with Gasteiger partial charge in [-0.05, 0) is 19.4 Å². The topological polar surface area (TPSA) is 82.0 Å². The summed E-state index contributed by atoms with van der Waals surface area (Å²) < 4.78 is 23.7. The molecule has 0 fully saturated rings. The Labute approximate surface area is 85.5 Å². The van der Waals surface area contributed by atoms with Gasteiger partial charge in [0.1, 0.15) is 0 Å². The minimum absolute atomic E-state index is 0.131. The van der Waals surface area contributed by atoms with Crippen LogP contribution in [0.1, 0.15) is 19.8 Å². The zero-order valence-corrected chi connectivity index (χ0v) is 9.39. The van der Waals surface area contributed by atoms with E-state index in [1.54, 1.807) is 0 Å². The molecule has 1 atom stereocenters. The number of hydrogen-bond acceptors (Lipinski definition) is 4. The zero-order chi connectivity index (χ0) is 11.0. The molecule has 0 aromatic carbocycles. The van der Waals surface area contributed by atoms with Crippen molar-refractivity contribution in [2.45, 2.75) is 25.8 Å². The van der Waals surface area contributed by atoms with Crippen LogP contribution in [0.25, 0.3) is 0 Å². The smallest absolute Gasteiger partial charge is 0.208 e. The molecule has 0 bridgehead atoms. The van der Waals surface area contributed by atoms with E-state index in [9.17, 15) is 8.42 Å². The van der Waals surface area contributed by atoms with E-state index in [1.165, 1.54) is 0 Å². The molecule has 0 aliphatic rings. The summed E-state index contributed by atoms with van der Waals surface area (Å²) in [6.45, 7) is 2.98. The van der Waals surface area contributed by atoms with E-state index < -0.39 is 10.0 Å². The SMILES string of the molecule is CCC(C#N)NCCCNS(C)(=O)=O. The van der Waals surface area contributed by atoms with Gasteiger partial charge in [-0.15, -0.1) is 0 Å². The molecule has 6 heteroatoms. The molecule has 2 N–H and O–H groups in total. The van der Waals surface area contributed by atoms with Crippen molar-refractivity contribution in [2.24, 2.45) is 0 Å². The summed E-state index contributed by atoms with van der Waals surface area (Å²) in [6.07, 6.45) is 2.58. The summed E-state index contributed by atoms with van der Waals surface area (Å²) in [4.78, 5) is 0. The second-order valence-electron chi connectivity index (χ2n) is 3.06. The molecule has 0 aliphatic carbocycles. The summed E-state index contributed by atoms with van der Waals surface area (Å²) in [5.74, 6) is 0. The standard InChI is InChI=1S/C8H17N3O2S/c1-3-8(7-9)10-5-4-6-11-14(2,12)13/h8,10-11H,3-6H2,1-2H3. The van der Waals surface area contributed by atoms with Gasteiger partial charge in [0.15, 0.2) is 0 Å². The third-order valence-electron chi connectivity index (χ3n) is 1.67. The highest BCUT2D eigenvalue weighted by Gasteiger charge is 2.02. The number of sulfonamides is 1.